The van der Waals surface area contributed by atoms with Crippen LogP contribution >= 0.6 is 0 Å². The van der Waals surface area contributed by atoms with Crippen LogP contribution in [0.15, 0.2) is 29.1 Å². The summed E-state index contributed by atoms with van der Waals surface area (Å²) in [5.74, 6) is 0.871. The predicted molar refractivity (Wildman–Crippen MR) is 122 cm³/mol. The van der Waals surface area contributed by atoms with Crippen LogP contribution in [-0.2, 0) is 6.54 Å². The smallest absolute Gasteiger partial charge is 0.329 e. The van der Waals surface area contributed by atoms with E-state index in [9.17, 15) is 15.0 Å². The topological polar surface area (TPSA) is 70.6 Å². The molecule has 3 fully saturated rings. The van der Waals surface area contributed by atoms with Crippen LogP contribution in [0.1, 0.15) is 63.8 Å². The third kappa shape index (κ3) is 3.87. The van der Waals surface area contributed by atoms with Crippen molar-refractivity contribution in [1.82, 2.24) is 14.0 Å². The number of aromatic nitrogens is 2. The number of hydrogen-bond acceptors (Lipinski definition) is 4. The number of hydrogen-bond donors (Lipinski definition) is 2. The highest BCUT2D eigenvalue weighted by molar-refractivity contribution is 5.76. The normalized spacial score (nSPS) is 25.7. The Morgan fingerprint density at radius 2 is 1.71 bits per heavy atom. The Labute approximate surface area is 184 Å². The van der Waals surface area contributed by atoms with E-state index in [1.807, 2.05) is 28.8 Å². The maximum Gasteiger partial charge on any atom is 0.329 e. The van der Waals surface area contributed by atoms with Gasteiger partial charge in [0.1, 0.15) is 0 Å². The van der Waals surface area contributed by atoms with Gasteiger partial charge in [-0.3, -0.25) is 9.13 Å². The van der Waals surface area contributed by atoms with Gasteiger partial charge in [0.15, 0.2) is 0 Å². The van der Waals surface area contributed by atoms with Crippen LogP contribution in [-0.4, -0.2) is 56.6 Å². The molecule has 0 amide bonds. The van der Waals surface area contributed by atoms with Crippen LogP contribution < -0.4 is 5.69 Å². The zero-order valence-electron chi connectivity index (χ0n) is 18.6. The molecule has 2 atom stereocenters. The first-order chi connectivity index (χ1) is 15.1. The summed E-state index contributed by atoms with van der Waals surface area (Å²) in [6.07, 6.45) is 11.1. The van der Waals surface area contributed by atoms with Gasteiger partial charge in [-0.2, -0.15) is 0 Å². The molecule has 3 aliphatic rings. The van der Waals surface area contributed by atoms with Gasteiger partial charge in [0.05, 0.1) is 30.3 Å². The van der Waals surface area contributed by atoms with E-state index in [0.29, 0.717) is 5.41 Å². The van der Waals surface area contributed by atoms with Crippen molar-refractivity contribution < 1.29 is 10.2 Å². The van der Waals surface area contributed by atoms with Crippen LogP contribution in [0, 0.1) is 11.3 Å². The van der Waals surface area contributed by atoms with Gasteiger partial charge in [0.25, 0.3) is 0 Å². The molecule has 6 heteroatoms. The molecule has 0 bridgehead atoms. The highest BCUT2D eigenvalue weighted by atomic mass is 16.3. The van der Waals surface area contributed by atoms with Crippen LogP contribution in [0.3, 0.4) is 0 Å². The third-order valence-corrected chi connectivity index (χ3v) is 8.57. The Morgan fingerprint density at radius 1 is 1.00 bits per heavy atom. The minimum atomic E-state index is -0.923. The second kappa shape index (κ2) is 8.72. The molecule has 170 valence electrons. The number of benzene rings is 1. The summed E-state index contributed by atoms with van der Waals surface area (Å²) in [7, 11) is 0. The standard InChI is InChI=1S/C25H37N3O3/c29-18-21(30)17-27-22-7-1-2-8-23(22)28(24(27)31)20-9-14-26(15-10-20)16-19-6-3-4-11-25(19)12-5-13-25/h1-2,7-8,19-21,29-30H,3-6,9-18H2/t19-,21+/m1/s1. The van der Waals surface area contributed by atoms with Gasteiger partial charge in [-0.05, 0) is 62.0 Å². The number of rotatable bonds is 6. The quantitative estimate of drug-likeness (QED) is 0.743. The number of piperidine rings is 1. The molecule has 6 nitrogen and oxygen atoms in total. The van der Waals surface area contributed by atoms with Crippen molar-refractivity contribution in [2.24, 2.45) is 11.3 Å². The predicted octanol–water partition coefficient (Wildman–Crippen LogP) is 3.15. The van der Waals surface area contributed by atoms with Gasteiger partial charge < -0.3 is 15.1 Å². The van der Waals surface area contributed by atoms with Crippen LogP contribution in [0.5, 0.6) is 0 Å². The van der Waals surface area contributed by atoms with E-state index in [-0.39, 0.29) is 24.9 Å². The van der Waals surface area contributed by atoms with Gasteiger partial charge in [-0.1, -0.05) is 31.4 Å². The summed E-state index contributed by atoms with van der Waals surface area (Å²) in [4.78, 5) is 15.9. The summed E-state index contributed by atoms with van der Waals surface area (Å²) in [5, 5.41) is 19.2. The van der Waals surface area contributed by atoms with E-state index in [4.69, 9.17) is 0 Å². The number of imidazole rings is 1. The second-order valence-electron chi connectivity index (χ2n) is 10.3. The molecule has 2 heterocycles. The summed E-state index contributed by atoms with van der Waals surface area (Å²) in [6, 6.07) is 8.05. The van der Waals surface area contributed by atoms with Gasteiger partial charge in [-0.25, -0.2) is 4.79 Å². The van der Waals surface area contributed by atoms with Gasteiger partial charge >= 0.3 is 5.69 Å². The lowest BCUT2D eigenvalue weighted by Crippen LogP contribution is -2.47. The molecule has 2 saturated carbocycles. The summed E-state index contributed by atoms with van der Waals surface area (Å²) < 4.78 is 3.58. The molecule has 1 spiro atoms. The lowest BCUT2D eigenvalue weighted by molar-refractivity contribution is -0.0163. The average Bonchev–Trinajstić information content (AvgIpc) is 3.05. The number of para-hydroxylation sites is 2. The van der Waals surface area contributed by atoms with Crippen molar-refractivity contribution in [2.45, 2.75) is 76.5 Å². The van der Waals surface area contributed by atoms with Crippen molar-refractivity contribution in [3.63, 3.8) is 0 Å². The SMILES string of the molecule is O=c1n(C[C@H](O)CO)c2ccccc2n1C1CCN(C[C@H]2CCCCC23CCC3)CC1. The molecule has 2 aromatic rings. The van der Waals surface area contributed by atoms with Crippen LogP contribution in [0.2, 0.25) is 0 Å². The molecular weight excluding hydrogens is 390 g/mol. The number of aliphatic hydroxyl groups excluding tert-OH is 2. The van der Waals surface area contributed by atoms with E-state index < -0.39 is 6.10 Å². The van der Waals surface area contributed by atoms with Crippen LogP contribution in [0.25, 0.3) is 11.0 Å². The molecule has 1 aliphatic heterocycles. The van der Waals surface area contributed by atoms with E-state index >= 15 is 0 Å². The first-order valence-electron chi connectivity index (χ1n) is 12.3. The fraction of sp³-hybridized carbons (Fsp3) is 0.720. The van der Waals surface area contributed by atoms with Gasteiger partial charge in [0.2, 0.25) is 0 Å². The minimum absolute atomic E-state index is 0.0622. The average molecular weight is 428 g/mol. The highest BCUT2D eigenvalue weighted by Crippen LogP contribution is 2.55. The number of fused-ring (bicyclic) bond motifs is 1. The van der Waals surface area contributed by atoms with Crippen molar-refractivity contribution in [2.75, 3.05) is 26.2 Å². The Morgan fingerprint density at radius 3 is 2.39 bits per heavy atom. The molecule has 0 radical (unpaired) electrons. The first-order valence-corrected chi connectivity index (χ1v) is 12.3. The van der Waals surface area contributed by atoms with Crippen LogP contribution in [0.4, 0.5) is 0 Å². The zero-order valence-corrected chi connectivity index (χ0v) is 18.6. The Bertz CT molecular complexity index is 953. The van der Waals surface area contributed by atoms with Crippen molar-refractivity contribution >= 4 is 11.0 Å². The lowest BCUT2D eigenvalue weighted by atomic mass is 9.55. The molecule has 0 unspecified atom stereocenters. The second-order valence-corrected chi connectivity index (χ2v) is 10.3. The molecule has 5 rings (SSSR count). The molecule has 1 aromatic carbocycles. The first kappa shape index (κ1) is 21.2. The van der Waals surface area contributed by atoms with E-state index in [1.165, 1.54) is 51.5 Å². The van der Waals surface area contributed by atoms with E-state index in [1.54, 1.807) is 4.57 Å². The molecule has 1 saturated heterocycles. The fourth-order valence-electron chi connectivity index (χ4n) is 6.65. The fourth-order valence-corrected chi connectivity index (χ4v) is 6.65. The number of likely N-dealkylation sites (tertiary alicyclic amines) is 1. The highest BCUT2D eigenvalue weighted by Gasteiger charge is 2.45. The summed E-state index contributed by atoms with van der Waals surface area (Å²) >= 11 is 0. The van der Waals surface area contributed by atoms with E-state index in [2.05, 4.69) is 4.90 Å². The minimum Gasteiger partial charge on any atom is -0.394 e. The Balaban J connectivity index is 1.30. The number of aliphatic hydroxyl groups is 2. The maximum absolute atomic E-state index is 13.3. The van der Waals surface area contributed by atoms with Crippen molar-refractivity contribution in [3.8, 4) is 0 Å². The molecule has 31 heavy (non-hydrogen) atoms. The van der Waals surface area contributed by atoms with E-state index in [0.717, 1.165) is 42.9 Å². The summed E-state index contributed by atoms with van der Waals surface area (Å²) in [5.41, 5.74) is 2.38. The molecular formula is C25H37N3O3. The van der Waals surface area contributed by atoms with Crippen molar-refractivity contribution in [3.05, 3.63) is 34.7 Å². The Hall–Kier alpha value is -1.63. The summed E-state index contributed by atoms with van der Waals surface area (Å²) in [6.45, 7) is 3.15. The van der Waals surface area contributed by atoms with Crippen molar-refractivity contribution in [1.29, 1.82) is 0 Å². The van der Waals surface area contributed by atoms with Gasteiger partial charge in [0, 0.05) is 25.7 Å². The maximum atomic E-state index is 13.3. The largest absolute Gasteiger partial charge is 0.394 e. The monoisotopic (exact) mass is 427 g/mol. The molecule has 2 N–H and O–H groups in total. The van der Waals surface area contributed by atoms with Gasteiger partial charge in [-0.15, -0.1) is 0 Å². The Kier molecular flexibility index (Phi) is 5.97. The number of nitrogens with zero attached hydrogens (tertiary/aromatic N) is 3. The molecule has 2 aliphatic carbocycles. The lowest BCUT2D eigenvalue weighted by Gasteiger charge is -2.52. The zero-order chi connectivity index (χ0) is 21.4. The molecule has 1 aromatic heterocycles. The third-order valence-electron chi connectivity index (χ3n) is 8.57.